The standard InChI is InChI=1S/C19H21NO6/c1-22-15-7-5-13(17(23-2)18(15)24-3)11-20-19(21)12-4-6-14-16(10-12)26-9-8-25-14/h4-7,10H,8-9,11H2,1-3H3,(H,20,21). The number of carbonyl (C=O) groups excluding carboxylic acids is 1. The fraction of sp³-hybridized carbons (Fsp3) is 0.316. The summed E-state index contributed by atoms with van der Waals surface area (Å²) in [7, 11) is 4.64. The second-order valence-corrected chi connectivity index (χ2v) is 5.53. The van der Waals surface area contributed by atoms with E-state index in [4.69, 9.17) is 23.7 Å². The fourth-order valence-electron chi connectivity index (χ4n) is 2.76. The van der Waals surface area contributed by atoms with Crippen LogP contribution in [0.3, 0.4) is 0 Å². The van der Waals surface area contributed by atoms with Crippen molar-refractivity contribution in [2.45, 2.75) is 6.54 Å². The van der Waals surface area contributed by atoms with Crippen LogP contribution >= 0.6 is 0 Å². The monoisotopic (exact) mass is 359 g/mol. The first kappa shape index (κ1) is 17.7. The summed E-state index contributed by atoms with van der Waals surface area (Å²) in [5.41, 5.74) is 1.27. The highest BCUT2D eigenvalue weighted by molar-refractivity contribution is 5.94. The van der Waals surface area contributed by atoms with Crippen molar-refractivity contribution in [1.82, 2.24) is 5.32 Å². The maximum atomic E-state index is 12.5. The lowest BCUT2D eigenvalue weighted by Gasteiger charge is -2.19. The highest BCUT2D eigenvalue weighted by Crippen LogP contribution is 2.39. The molecule has 138 valence electrons. The zero-order valence-electron chi connectivity index (χ0n) is 15.0. The highest BCUT2D eigenvalue weighted by atomic mass is 16.6. The number of methoxy groups -OCH3 is 3. The number of amides is 1. The van der Waals surface area contributed by atoms with E-state index in [2.05, 4.69) is 5.32 Å². The van der Waals surface area contributed by atoms with Crippen molar-refractivity contribution in [2.24, 2.45) is 0 Å². The Balaban J connectivity index is 1.75. The van der Waals surface area contributed by atoms with Gasteiger partial charge in [-0.3, -0.25) is 4.79 Å². The fourth-order valence-corrected chi connectivity index (χ4v) is 2.76. The quantitative estimate of drug-likeness (QED) is 0.854. The first-order valence-electron chi connectivity index (χ1n) is 8.13. The van der Waals surface area contributed by atoms with Crippen LogP contribution in [0.4, 0.5) is 0 Å². The number of nitrogens with one attached hydrogen (secondary N) is 1. The molecule has 0 saturated carbocycles. The van der Waals surface area contributed by atoms with Gasteiger partial charge in [-0.1, -0.05) is 0 Å². The molecule has 0 radical (unpaired) electrons. The van der Waals surface area contributed by atoms with Gasteiger partial charge in [0.25, 0.3) is 5.91 Å². The summed E-state index contributed by atoms with van der Waals surface area (Å²) in [5, 5.41) is 2.87. The predicted molar refractivity (Wildman–Crippen MR) is 94.7 cm³/mol. The molecule has 3 rings (SSSR count). The zero-order chi connectivity index (χ0) is 18.5. The van der Waals surface area contributed by atoms with E-state index in [1.165, 1.54) is 7.11 Å². The third kappa shape index (κ3) is 3.46. The van der Waals surface area contributed by atoms with Gasteiger partial charge < -0.3 is 29.0 Å². The van der Waals surface area contributed by atoms with Crippen LogP contribution in [0.5, 0.6) is 28.7 Å². The number of rotatable bonds is 6. The molecule has 1 aliphatic rings. The average Bonchev–Trinajstić information content (AvgIpc) is 2.70. The molecule has 0 spiro atoms. The molecule has 7 nitrogen and oxygen atoms in total. The molecular weight excluding hydrogens is 338 g/mol. The van der Waals surface area contributed by atoms with Gasteiger partial charge in [-0.15, -0.1) is 0 Å². The number of hydrogen-bond acceptors (Lipinski definition) is 6. The Hall–Kier alpha value is -3.09. The first-order chi connectivity index (χ1) is 12.7. The van der Waals surface area contributed by atoms with Gasteiger partial charge in [0.1, 0.15) is 13.2 Å². The van der Waals surface area contributed by atoms with Gasteiger partial charge >= 0.3 is 0 Å². The van der Waals surface area contributed by atoms with E-state index in [9.17, 15) is 4.79 Å². The second kappa shape index (κ2) is 7.86. The summed E-state index contributed by atoms with van der Waals surface area (Å²) >= 11 is 0. The SMILES string of the molecule is COc1ccc(CNC(=O)c2ccc3c(c2)OCCO3)c(OC)c1OC. The third-order valence-corrected chi connectivity index (χ3v) is 4.03. The minimum Gasteiger partial charge on any atom is -0.493 e. The highest BCUT2D eigenvalue weighted by Gasteiger charge is 2.18. The molecule has 0 unspecified atom stereocenters. The van der Waals surface area contributed by atoms with E-state index < -0.39 is 0 Å². The molecule has 7 heteroatoms. The van der Waals surface area contributed by atoms with Crippen molar-refractivity contribution in [3.63, 3.8) is 0 Å². The first-order valence-corrected chi connectivity index (χ1v) is 8.13. The molecule has 0 saturated heterocycles. The molecule has 2 aromatic rings. The van der Waals surface area contributed by atoms with Gasteiger partial charge in [0.15, 0.2) is 23.0 Å². The number of carbonyl (C=O) groups is 1. The van der Waals surface area contributed by atoms with Gasteiger partial charge in [-0.05, 0) is 30.3 Å². The van der Waals surface area contributed by atoms with Crippen molar-refractivity contribution in [3.8, 4) is 28.7 Å². The molecule has 0 aromatic heterocycles. The van der Waals surface area contributed by atoms with Crippen LogP contribution in [0.2, 0.25) is 0 Å². The molecule has 1 N–H and O–H groups in total. The van der Waals surface area contributed by atoms with E-state index >= 15 is 0 Å². The Bertz CT molecular complexity index is 805. The summed E-state index contributed by atoms with van der Waals surface area (Å²) < 4.78 is 27.0. The Morgan fingerprint density at radius 1 is 0.962 bits per heavy atom. The van der Waals surface area contributed by atoms with Crippen molar-refractivity contribution in [3.05, 3.63) is 41.5 Å². The van der Waals surface area contributed by atoms with Crippen LogP contribution in [0, 0.1) is 0 Å². The minimum absolute atomic E-state index is 0.223. The minimum atomic E-state index is -0.223. The molecule has 1 heterocycles. The van der Waals surface area contributed by atoms with Gasteiger partial charge in [0.2, 0.25) is 5.75 Å². The average molecular weight is 359 g/mol. The molecule has 26 heavy (non-hydrogen) atoms. The van der Waals surface area contributed by atoms with E-state index in [1.54, 1.807) is 38.5 Å². The van der Waals surface area contributed by atoms with Crippen molar-refractivity contribution in [2.75, 3.05) is 34.5 Å². The summed E-state index contributed by atoms with van der Waals surface area (Å²) in [6, 6.07) is 8.71. The van der Waals surface area contributed by atoms with Crippen molar-refractivity contribution >= 4 is 5.91 Å². The lowest BCUT2D eigenvalue weighted by atomic mass is 10.1. The van der Waals surface area contributed by atoms with Crippen LogP contribution in [0.25, 0.3) is 0 Å². The molecule has 0 fully saturated rings. The van der Waals surface area contributed by atoms with Gasteiger partial charge in [0.05, 0.1) is 21.3 Å². The van der Waals surface area contributed by atoms with Gasteiger partial charge in [0, 0.05) is 17.7 Å². The molecular formula is C19H21NO6. The van der Waals surface area contributed by atoms with Crippen molar-refractivity contribution in [1.29, 1.82) is 0 Å². The molecule has 1 amide bonds. The lowest BCUT2D eigenvalue weighted by molar-refractivity contribution is 0.0949. The summed E-state index contributed by atoms with van der Waals surface area (Å²) in [6.07, 6.45) is 0. The summed E-state index contributed by atoms with van der Waals surface area (Å²) in [5.74, 6) is 2.57. The van der Waals surface area contributed by atoms with Crippen LogP contribution in [0.1, 0.15) is 15.9 Å². The smallest absolute Gasteiger partial charge is 0.251 e. The summed E-state index contributed by atoms with van der Waals surface area (Å²) in [6.45, 7) is 1.26. The maximum absolute atomic E-state index is 12.5. The van der Waals surface area contributed by atoms with E-state index in [-0.39, 0.29) is 12.5 Å². The Kier molecular flexibility index (Phi) is 5.36. The molecule has 2 aromatic carbocycles. The summed E-state index contributed by atoms with van der Waals surface area (Å²) in [4.78, 5) is 12.5. The second-order valence-electron chi connectivity index (χ2n) is 5.53. The predicted octanol–water partition coefficient (Wildman–Crippen LogP) is 2.41. The Morgan fingerprint density at radius 3 is 2.38 bits per heavy atom. The van der Waals surface area contributed by atoms with Crippen LogP contribution in [0.15, 0.2) is 30.3 Å². The van der Waals surface area contributed by atoms with Crippen LogP contribution in [-0.2, 0) is 6.54 Å². The maximum Gasteiger partial charge on any atom is 0.251 e. The number of benzene rings is 2. The van der Waals surface area contributed by atoms with Crippen molar-refractivity contribution < 1.29 is 28.5 Å². The normalized spacial score (nSPS) is 12.3. The Morgan fingerprint density at radius 2 is 1.69 bits per heavy atom. The molecule has 0 aliphatic carbocycles. The molecule has 0 bridgehead atoms. The zero-order valence-corrected chi connectivity index (χ0v) is 15.0. The third-order valence-electron chi connectivity index (χ3n) is 4.03. The van der Waals surface area contributed by atoms with Gasteiger partial charge in [-0.2, -0.15) is 0 Å². The van der Waals surface area contributed by atoms with E-state index in [0.29, 0.717) is 47.5 Å². The lowest BCUT2D eigenvalue weighted by Crippen LogP contribution is -2.23. The number of hydrogen-bond donors (Lipinski definition) is 1. The van der Waals surface area contributed by atoms with E-state index in [0.717, 1.165) is 5.56 Å². The number of ether oxygens (including phenoxy) is 5. The Labute approximate surface area is 151 Å². The van der Waals surface area contributed by atoms with Crippen LogP contribution < -0.4 is 29.0 Å². The van der Waals surface area contributed by atoms with Crippen LogP contribution in [-0.4, -0.2) is 40.5 Å². The van der Waals surface area contributed by atoms with Gasteiger partial charge in [-0.25, -0.2) is 0 Å². The largest absolute Gasteiger partial charge is 0.493 e. The van der Waals surface area contributed by atoms with E-state index in [1.807, 2.05) is 6.07 Å². The molecule has 0 atom stereocenters. The molecule has 1 aliphatic heterocycles. The topological polar surface area (TPSA) is 75.3 Å². The number of fused-ring (bicyclic) bond motifs is 1.